The SMILES string of the molecule is Cc1cc2c(CC(C)N)c3oc(C)cc3c(Br)c2o1. The van der Waals surface area contributed by atoms with Crippen molar-refractivity contribution in [2.24, 2.45) is 5.73 Å². The van der Waals surface area contributed by atoms with E-state index >= 15 is 0 Å². The van der Waals surface area contributed by atoms with Gasteiger partial charge in [-0.1, -0.05) is 0 Å². The van der Waals surface area contributed by atoms with E-state index in [9.17, 15) is 0 Å². The van der Waals surface area contributed by atoms with Crippen LogP contribution in [0.1, 0.15) is 24.0 Å². The molecule has 0 spiro atoms. The largest absolute Gasteiger partial charge is 0.461 e. The molecule has 4 heteroatoms. The predicted octanol–water partition coefficient (Wildman–Crippen LogP) is 4.45. The molecular weight excluding hydrogens is 306 g/mol. The normalized spacial score (nSPS) is 13.5. The second-order valence-corrected chi connectivity index (χ2v) is 5.97. The molecule has 0 aliphatic heterocycles. The third kappa shape index (κ3) is 1.99. The molecule has 3 nitrogen and oxygen atoms in total. The summed E-state index contributed by atoms with van der Waals surface area (Å²) >= 11 is 3.62. The monoisotopic (exact) mass is 321 g/mol. The van der Waals surface area contributed by atoms with Gasteiger partial charge in [0.05, 0.1) is 4.47 Å². The number of fused-ring (bicyclic) bond motifs is 2. The standard InChI is InChI=1S/C15H16BrNO2/c1-7(17)4-10-11-5-8(2)19-15(11)13(16)12-6-9(3)18-14(10)12/h5-7H,4,17H2,1-3H3. The highest BCUT2D eigenvalue weighted by Crippen LogP contribution is 2.39. The number of aryl methyl sites for hydroxylation is 2. The quantitative estimate of drug-likeness (QED) is 0.758. The maximum Gasteiger partial charge on any atom is 0.149 e. The van der Waals surface area contributed by atoms with Gasteiger partial charge in [0.1, 0.15) is 22.7 Å². The van der Waals surface area contributed by atoms with E-state index in [0.717, 1.165) is 49.9 Å². The Hall–Kier alpha value is -1.26. The van der Waals surface area contributed by atoms with Crippen LogP contribution in [0.4, 0.5) is 0 Å². The van der Waals surface area contributed by atoms with Gasteiger partial charge in [-0.2, -0.15) is 0 Å². The molecule has 1 atom stereocenters. The average molecular weight is 322 g/mol. The lowest BCUT2D eigenvalue weighted by Crippen LogP contribution is -2.18. The van der Waals surface area contributed by atoms with Gasteiger partial charge in [-0.25, -0.2) is 0 Å². The number of benzene rings is 1. The van der Waals surface area contributed by atoms with Crippen molar-refractivity contribution in [2.45, 2.75) is 33.2 Å². The van der Waals surface area contributed by atoms with Gasteiger partial charge < -0.3 is 14.6 Å². The molecular formula is C15H16BrNO2. The zero-order chi connectivity index (χ0) is 13.7. The Morgan fingerprint density at radius 1 is 1.11 bits per heavy atom. The number of halogens is 1. The van der Waals surface area contributed by atoms with E-state index in [1.54, 1.807) is 0 Å². The summed E-state index contributed by atoms with van der Waals surface area (Å²) in [5, 5.41) is 2.14. The first-order valence-corrected chi connectivity index (χ1v) is 7.13. The zero-order valence-electron chi connectivity index (χ0n) is 11.2. The van der Waals surface area contributed by atoms with Crippen molar-refractivity contribution in [1.29, 1.82) is 0 Å². The van der Waals surface area contributed by atoms with Gasteiger partial charge in [-0.15, -0.1) is 0 Å². The van der Waals surface area contributed by atoms with Crippen LogP contribution in [0.5, 0.6) is 0 Å². The Morgan fingerprint density at radius 2 is 1.68 bits per heavy atom. The number of hydrogen-bond donors (Lipinski definition) is 1. The first-order valence-electron chi connectivity index (χ1n) is 6.33. The van der Waals surface area contributed by atoms with Crippen molar-refractivity contribution in [1.82, 2.24) is 0 Å². The molecule has 0 fully saturated rings. The molecule has 2 aromatic heterocycles. The van der Waals surface area contributed by atoms with Gasteiger partial charge in [-0.05, 0) is 55.3 Å². The first-order chi connectivity index (χ1) is 8.97. The summed E-state index contributed by atoms with van der Waals surface area (Å²) in [6.07, 6.45) is 0.770. The van der Waals surface area contributed by atoms with Gasteiger partial charge >= 0.3 is 0 Å². The summed E-state index contributed by atoms with van der Waals surface area (Å²) < 4.78 is 12.6. The van der Waals surface area contributed by atoms with Crippen LogP contribution in [0.2, 0.25) is 0 Å². The van der Waals surface area contributed by atoms with Gasteiger partial charge in [0.25, 0.3) is 0 Å². The van der Waals surface area contributed by atoms with E-state index < -0.39 is 0 Å². The summed E-state index contributed by atoms with van der Waals surface area (Å²) in [4.78, 5) is 0. The summed E-state index contributed by atoms with van der Waals surface area (Å²) in [6.45, 7) is 5.91. The van der Waals surface area contributed by atoms with Crippen LogP contribution in [-0.2, 0) is 6.42 Å². The summed E-state index contributed by atoms with van der Waals surface area (Å²) in [6, 6.07) is 4.16. The minimum absolute atomic E-state index is 0.0770. The molecule has 0 saturated carbocycles. The van der Waals surface area contributed by atoms with Gasteiger partial charge in [0.2, 0.25) is 0 Å². The molecule has 0 bridgehead atoms. The first kappa shape index (κ1) is 12.8. The van der Waals surface area contributed by atoms with Crippen molar-refractivity contribution in [3.05, 3.63) is 33.7 Å². The number of nitrogens with two attached hydrogens (primary N) is 1. The van der Waals surface area contributed by atoms with Crippen LogP contribution in [0.3, 0.4) is 0 Å². The third-order valence-electron chi connectivity index (χ3n) is 3.27. The Labute approximate surface area is 119 Å². The molecule has 0 amide bonds. The lowest BCUT2D eigenvalue weighted by atomic mass is 10.0. The smallest absolute Gasteiger partial charge is 0.149 e. The second-order valence-electron chi connectivity index (χ2n) is 5.17. The van der Waals surface area contributed by atoms with Crippen LogP contribution in [0.25, 0.3) is 21.9 Å². The lowest BCUT2D eigenvalue weighted by Gasteiger charge is -2.08. The highest BCUT2D eigenvalue weighted by Gasteiger charge is 2.19. The molecule has 100 valence electrons. The van der Waals surface area contributed by atoms with E-state index in [1.165, 1.54) is 0 Å². The van der Waals surface area contributed by atoms with E-state index in [0.29, 0.717) is 0 Å². The van der Waals surface area contributed by atoms with Crippen molar-refractivity contribution < 1.29 is 8.83 Å². The molecule has 1 unspecified atom stereocenters. The van der Waals surface area contributed by atoms with Crippen LogP contribution >= 0.6 is 15.9 Å². The van der Waals surface area contributed by atoms with Gasteiger partial charge in [0, 0.05) is 22.4 Å². The highest BCUT2D eigenvalue weighted by molar-refractivity contribution is 9.10. The van der Waals surface area contributed by atoms with E-state index in [1.807, 2.05) is 26.8 Å². The van der Waals surface area contributed by atoms with Crippen molar-refractivity contribution in [3.8, 4) is 0 Å². The number of furan rings is 2. The molecule has 1 aromatic carbocycles. The van der Waals surface area contributed by atoms with Crippen molar-refractivity contribution >= 4 is 37.9 Å². The fourth-order valence-electron chi connectivity index (χ4n) is 2.57. The average Bonchev–Trinajstić information content (AvgIpc) is 2.87. The zero-order valence-corrected chi connectivity index (χ0v) is 12.8. The maximum atomic E-state index is 5.97. The second kappa shape index (κ2) is 4.39. The Balaban J connectivity index is 2.47. The molecule has 2 N–H and O–H groups in total. The molecule has 3 aromatic rings. The summed E-state index contributed by atoms with van der Waals surface area (Å²) in [7, 11) is 0. The van der Waals surface area contributed by atoms with E-state index in [-0.39, 0.29) is 6.04 Å². The molecule has 0 aliphatic rings. The highest BCUT2D eigenvalue weighted by atomic mass is 79.9. The fraction of sp³-hybridized carbons (Fsp3) is 0.333. The van der Waals surface area contributed by atoms with Crippen molar-refractivity contribution in [3.63, 3.8) is 0 Å². The fourth-order valence-corrected chi connectivity index (χ4v) is 3.16. The lowest BCUT2D eigenvalue weighted by molar-refractivity contribution is 0.570. The van der Waals surface area contributed by atoms with Crippen LogP contribution in [0.15, 0.2) is 25.4 Å². The van der Waals surface area contributed by atoms with Gasteiger partial charge in [-0.3, -0.25) is 0 Å². The minimum Gasteiger partial charge on any atom is -0.461 e. The predicted molar refractivity (Wildman–Crippen MR) is 80.5 cm³/mol. The van der Waals surface area contributed by atoms with E-state index in [4.69, 9.17) is 14.6 Å². The summed E-state index contributed by atoms with van der Waals surface area (Å²) in [5.41, 5.74) is 8.90. The molecule has 0 aliphatic carbocycles. The Kier molecular flexibility index (Phi) is 2.95. The molecule has 19 heavy (non-hydrogen) atoms. The maximum absolute atomic E-state index is 5.97. The molecule has 2 heterocycles. The van der Waals surface area contributed by atoms with Crippen LogP contribution in [-0.4, -0.2) is 6.04 Å². The Bertz CT molecular complexity index is 710. The van der Waals surface area contributed by atoms with Crippen molar-refractivity contribution in [2.75, 3.05) is 0 Å². The number of rotatable bonds is 2. The van der Waals surface area contributed by atoms with Gasteiger partial charge in [0.15, 0.2) is 0 Å². The third-order valence-corrected chi connectivity index (χ3v) is 4.06. The minimum atomic E-state index is 0.0770. The number of hydrogen-bond acceptors (Lipinski definition) is 3. The Morgan fingerprint density at radius 3 is 2.32 bits per heavy atom. The molecule has 0 saturated heterocycles. The topological polar surface area (TPSA) is 52.3 Å². The summed E-state index contributed by atoms with van der Waals surface area (Å²) in [5.74, 6) is 1.79. The van der Waals surface area contributed by atoms with E-state index in [2.05, 4.69) is 22.0 Å². The van der Waals surface area contributed by atoms with Crippen LogP contribution in [0, 0.1) is 13.8 Å². The van der Waals surface area contributed by atoms with Crippen LogP contribution < -0.4 is 5.73 Å². The molecule has 0 radical (unpaired) electrons. The molecule has 3 rings (SSSR count).